The Balaban J connectivity index is 0.00000277. The summed E-state index contributed by atoms with van der Waals surface area (Å²) in [7, 11) is 0. The van der Waals surface area contributed by atoms with Gasteiger partial charge in [-0.25, -0.2) is 24.9 Å². The van der Waals surface area contributed by atoms with Gasteiger partial charge < -0.3 is 23.2 Å². The van der Waals surface area contributed by atoms with Crippen LogP contribution in [-0.2, 0) is 53.0 Å². The molecule has 0 amide bonds. The van der Waals surface area contributed by atoms with Crippen LogP contribution in [0.25, 0.3) is 83.0 Å². The van der Waals surface area contributed by atoms with Crippen LogP contribution in [0.3, 0.4) is 0 Å². The third-order valence-corrected chi connectivity index (χ3v) is 12.3. The number of para-hydroxylation sites is 2. The molecule has 69 heavy (non-hydrogen) atoms. The number of ether oxygens (including phenoxy) is 2. The van der Waals surface area contributed by atoms with Gasteiger partial charge in [0.15, 0.2) is 0 Å². The number of hydrogen-bond acceptors (Lipinski definition) is 7. The van der Waals surface area contributed by atoms with Crippen molar-refractivity contribution in [3.8, 4) is 40.6 Å². The number of aromatic nitrogens is 8. The van der Waals surface area contributed by atoms with Crippen molar-refractivity contribution < 1.29 is 51.6 Å². The molecule has 0 aliphatic rings. The Morgan fingerprint density at radius 2 is 0.841 bits per heavy atom. The monoisotopic (exact) mass is 1260 g/mol. The number of pyridine rings is 2. The minimum absolute atomic E-state index is 0. The van der Waals surface area contributed by atoms with Crippen molar-refractivity contribution in [2.24, 2.45) is 0 Å². The van der Waals surface area contributed by atoms with E-state index in [-0.39, 0.29) is 53.0 Å². The normalized spacial score (nSPS) is 12.0. The Hall–Kier alpha value is -6.99. The van der Waals surface area contributed by atoms with Gasteiger partial charge in [-0.3, -0.25) is 0 Å². The van der Waals surface area contributed by atoms with Crippen molar-refractivity contribution in [2.75, 3.05) is 0 Å². The molecule has 6 aromatic heterocycles. The van der Waals surface area contributed by atoms with Gasteiger partial charge in [0.05, 0.1) is 0 Å². The first-order valence-corrected chi connectivity index (χ1v) is 22.2. The molecule has 0 radical (unpaired) electrons. The fourth-order valence-electron chi connectivity index (χ4n) is 9.45. The zero-order valence-corrected chi connectivity index (χ0v) is 42.9. The van der Waals surface area contributed by atoms with E-state index in [1.54, 1.807) is 0 Å². The number of rotatable bonds is 7. The average molecular weight is 1260 g/mol. The molecule has 0 N–H and O–H groups in total. The Labute approximate surface area is 427 Å². The Morgan fingerprint density at radius 1 is 0.420 bits per heavy atom. The average Bonchev–Trinajstić information content (AvgIpc) is 3.96. The molecule has 6 heterocycles. The second-order valence-corrected chi connectivity index (χ2v) is 18.8. The molecule has 12 heteroatoms. The molecule has 0 unspecified atom stereocenters. The second-order valence-electron chi connectivity index (χ2n) is 18.8. The molecule has 0 atom stereocenters. The van der Waals surface area contributed by atoms with E-state index in [9.17, 15) is 0 Å². The number of benzene rings is 6. The first kappa shape index (κ1) is 45.8. The summed E-state index contributed by atoms with van der Waals surface area (Å²) in [6.07, 6.45) is 6.60. The van der Waals surface area contributed by atoms with E-state index in [1.807, 2.05) is 77.6 Å². The third-order valence-electron chi connectivity index (χ3n) is 12.3. The molecular weight excluding hydrogens is 1220 g/mol. The van der Waals surface area contributed by atoms with Crippen LogP contribution in [0.1, 0.15) is 52.7 Å². The molecule has 342 valence electrons. The summed E-state index contributed by atoms with van der Waals surface area (Å²) in [4.78, 5) is 22.9. The molecule has 12 aromatic rings. The van der Waals surface area contributed by atoms with Crippen LogP contribution in [0.4, 0.5) is 0 Å². The zero-order chi connectivity index (χ0) is 45.6. The number of fused-ring (bicyclic) bond motifs is 9. The molecule has 0 aliphatic heterocycles. The first-order chi connectivity index (χ1) is 32.5. The number of nitrogens with zero attached hydrogens (tertiary/aromatic N) is 8. The maximum atomic E-state index is 6.79. The smallest absolute Gasteiger partial charge is 0.509 e. The summed E-state index contributed by atoms with van der Waals surface area (Å²) in [6, 6.07) is 55.4. The standard InChI is InChI=1S/C57H42N8O2.2Pt/c1-56(2,3)43-27-37(31-49-53(43)41-15-7-9-17-45(41)63(49)51-19-11-13-25-59-51)66-35-21-23-39-40-24-22-36(30-48(40)65(47(39)29-35)55-61-33-58-34-62-55)67-38-28-44(57(4,5)6)54-42-16-8-10-18-46(42)64(50(54)32-38)52-20-12-14-26-60-52;;/h7-28,33-34H,1-6H3;;/q-4;2*+2. The largest absolute Gasteiger partial charge is 2.00 e. The predicted octanol–water partition coefficient (Wildman–Crippen LogP) is 13.3. The van der Waals surface area contributed by atoms with E-state index < -0.39 is 0 Å². The molecule has 0 spiro atoms. The quantitative estimate of drug-likeness (QED) is 0.147. The summed E-state index contributed by atoms with van der Waals surface area (Å²) in [5, 5.41) is 6.33. The van der Waals surface area contributed by atoms with Crippen molar-refractivity contribution in [3.63, 3.8) is 0 Å². The third kappa shape index (κ3) is 7.80. The fourth-order valence-corrected chi connectivity index (χ4v) is 9.45. The van der Waals surface area contributed by atoms with Crippen molar-refractivity contribution in [3.05, 3.63) is 182 Å². The topological polar surface area (TPSA) is 97.7 Å². The van der Waals surface area contributed by atoms with Gasteiger partial charge in [-0.1, -0.05) is 123 Å². The van der Waals surface area contributed by atoms with Gasteiger partial charge in [0.2, 0.25) is 5.95 Å². The fraction of sp³-hybridized carbons (Fsp3) is 0.140. The predicted molar refractivity (Wildman–Crippen MR) is 264 cm³/mol. The van der Waals surface area contributed by atoms with Crippen LogP contribution in [0.5, 0.6) is 23.0 Å². The first-order valence-electron chi connectivity index (χ1n) is 22.2. The van der Waals surface area contributed by atoms with Gasteiger partial charge in [-0.15, -0.1) is 59.7 Å². The van der Waals surface area contributed by atoms with Crippen LogP contribution >= 0.6 is 0 Å². The van der Waals surface area contributed by atoms with E-state index in [2.05, 4.69) is 151 Å². The second kappa shape index (κ2) is 17.5. The van der Waals surface area contributed by atoms with Gasteiger partial charge in [-0.2, -0.15) is 22.9 Å². The summed E-state index contributed by atoms with van der Waals surface area (Å²) in [6.45, 7) is 13.3. The van der Waals surface area contributed by atoms with Crippen LogP contribution in [0, 0.1) is 24.3 Å². The molecule has 0 aliphatic carbocycles. The Kier molecular flexibility index (Phi) is 11.6. The van der Waals surface area contributed by atoms with Gasteiger partial charge in [0, 0.05) is 46.4 Å². The van der Waals surface area contributed by atoms with E-state index in [0.717, 1.165) is 77.1 Å². The molecule has 0 fully saturated rings. The minimum atomic E-state index is -0.228. The summed E-state index contributed by atoms with van der Waals surface area (Å²) in [5.41, 5.74) is 7.08. The van der Waals surface area contributed by atoms with Crippen molar-refractivity contribution >= 4 is 65.4 Å². The molecule has 0 bridgehead atoms. The molecular formula is C57H42N8O2Pt2. The zero-order valence-electron chi connectivity index (χ0n) is 38.4. The van der Waals surface area contributed by atoms with Crippen molar-refractivity contribution in [2.45, 2.75) is 52.4 Å². The maximum absolute atomic E-state index is 6.79. The Morgan fingerprint density at radius 3 is 1.26 bits per heavy atom. The van der Waals surface area contributed by atoms with Gasteiger partial charge in [0.25, 0.3) is 0 Å². The number of hydrogen-bond donors (Lipinski definition) is 0. The SMILES string of the molecule is CC(C)(C)c1cc(Oc2[c-]c3c(cc2)c2ccc(Oc4[c-]c5c(c(C(C)(C)C)c4)c4ccccc4n5-c4ccccn4)[c-]c2n3-c2ncncn2)[c-]c2c1c1ccccc1n2-c1ccccn1.[Pt+2].[Pt+2]. The van der Waals surface area contributed by atoms with Crippen LogP contribution in [0.2, 0.25) is 0 Å². The molecule has 12 rings (SSSR count). The van der Waals surface area contributed by atoms with Gasteiger partial charge >= 0.3 is 42.1 Å². The molecule has 0 saturated carbocycles. The van der Waals surface area contributed by atoms with E-state index in [1.165, 1.54) is 12.7 Å². The van der Waals surface area contributed by atoms with Gasteiger partial charge in [0.1, 0.15) is 24.3 Å². The van der Waals surface area contributed by atoms with Gasteiger partial charge in [-0.05, 0) is 58.0 Å². The summed E-state index contributed by atoms with van der Waals surface area (Å²) in [5.74, 6) is 4.13. The van der Waals surface area contributed by atoms with Crippen LogP contribution in [-0.4, -0.2) is 38.6 Å². The molecule has 0 saturated heterocycles. The van der Waals surface area contributed by atoms with E-state index in [0.29, 0.717) is 40.0 Å². The minimum Gasteiger partial charge on any atom is -0.509 e. The van der Waals surface area contributed by atoms with Crippen LogP contribution in [0.15, 0.2) is 146 Å². The summed E-state index contributed by atoms with van der Waals surface area (Å²) >= 11 is 0. The Bertz CT molecular complexity index is 3660. The van der Waals surface area contributed by atoms with E-state index >= 15 is 0 Å². The maximum Gasteiger partial charge on any atom is 2.00 e. The van der Waals surface area contributed by atoms with Crippen molar-refractivity contribution in [1.82, 2.24) is 38.6 Å². The summed E-state index contributed by atoms with van der Waals surface area (Å²) < 4.78 is 19.8. The van der Waals surface area contributed by atoms with Crippen molar-refractivity contribution in [1.29, 1.82) is 0 Å². The molecule has 6 aromatic carbocycles. The molecule has 10 nitrogen and oxygen atoms in total. The van der Waals surface area contributed by atoms with E-state index in [4.69, 9.17) is 19.4 Å². The van der Waals surface area contributed by atoms with Crippen LogP contribution < -0.4 is 9.47 Å².